The van der Waals surface area contributed by atoms with E-state index in [0.717, 1.165) is 0 Å². The van der Waals surface area contributed by atoms with Crippen LogP contribution in [-0.2, 0) is 26.2 Å². The first-order valence-corrected chi connectivity index (χ1v) is 13.5. The van der Waals surface area contributed by atoms with Gasteiger partial charge in [0.05, 0.1) is 0 Å². The Bertz CT molecular complexity index is 1040. The first-order chi connectivity index (χ1) is 15.3. The van der Waals surface area contributed by atoms with E-state index >= 15 is 0 Å². The number of benzene rings is 4. The van der Waals surface area contributed by atoms with Gasteiger partial charge in [-0.1, -0.05) is 97.1 Å². The van der Waals surface area contributed by atoms with Gasteiger partial charge in [0.1, 0.15) is 0 Å². The maximum Gasteiger partial charge on any atom is 0.0484 e. The largest absolute Gasteiger partial charge is 0.125 e. The topological polar surface area (TPSA) is 0 Å². The van der Waals surface area contributed by atoms with Crippen LogP contribution in [-0.4, -0.2) is 21.3 Å². The molecular weight excluding hydrogens is 527 g/mol. The van der Waals surface area contributed by atoms with Crippen LogP contribution in [0.5, 0.6) is 0 Å². The van der Waals surface area contributed by atoms with Gasteiger partial charge >= 0.3 is 0 Å². The van der Waals surface area contributed by atoms with Gasteiger partial charge in [-0.3, -0.25) is 0 Å². The van der Waals surface area contributed by atoms with Crippen molar-refractivity contribution in [1.29, 1.82) is 0 Å². The molecule has 0 aromatic heterocycles. The molecule has 2 aliphatic carbocycles. The Morgan fingerprint density at radius 3 is 0.969 bits per heavy atom. The molecule has 158 valence electrons. The van der Waals surface area contributed by atoms with E-state index in [1.54, 1.807) is 22.3 Å². The summed E-state index contributed by atoms with van der Waals surface area (Å²) in [6.45, 7) is 0. The van der Waals surface area contributed by atoms with Crippen LogP contribution >= 0.6 is 23.2 Å². The molecule has 2 aliphatic rings. The first kappa shape index (κ1) is 23.7. The van der Waals surface area contributed by atoms with E-state index in [2.05, 4.69) is 97.1 Å². The van der Waals surface area contributed by atoms with Crippen molar-refractivity contribution >= 4 is 32.7 Å². The minimum absolute atomic E-state index is 0. The van der Waals surface area contributed by atoms with Crippen molar-refractivity contribution in [1.82, 2.24) is 0 Å². The van der Waals surface area contributed by atoms with Gasteiger partial charge in [-0.25, -0.2) is 0 Å². The second kappa shape index (κ2) is 10.7. The van der Waals surface area contributed by atoms with E-state index in [1.165, 1.54) is 22.3 Å². The number of hydrogen-bond acceptors (Lipinski definition) is 0. The fraction of sp³-hybridized carbons (Fsp3) is 0.143. The molecule has 4 aromatic carbocycles. The fourth-order valence-electron chi connectivity index (χ4n) is 5.26. The molecule has 0 atom stereocenters. The van der Waals surface area contributed by atoms with Crippen LogP contribution in [0.1, 0.15) is 33.3 Å². The van der Waals surface area contributed by atoms with E-state index in [4.69, 9.17) is 23.2 Å². The Morgan fingerprint density at radius 2 is 0.719 bits per heavy atom. The van der Waals surface area contributed by atoms with Gasteiger partial charge in [-0.15, -0.1) is 23.2 Å². The van der Waals surface area contributed by atoms with E-state index in [9.17, 15) is 0 Å². The third-order valence-corrected chi connectivity index (χ3v) is 9.74. The van der Waals surface area contributed by atoms with Crippen LogP contribution in [0.15, 0.2) is 97.1 Å². The summed E-state index contributed by atoms with van der Waals surface area (Å²) in [5.74, 6) is 1.11. The molecule has 0 saturated heterocycles. The summed E-state index contributed by atoms with van der Waals surface area (Å²) in [6, 6.07) is 36.2. The number of rotatable bonds is 3. The molecule has 32 heavy (non-hydrogen) atoms. The van der Waals surface area contributed by atoms with Gasteiger partial charge in [0, 0.05) is 47.5 Å². The van der Waals surface area contributed by atoms with Gasteiger partial charge in [0.2, 0.25) is 0 Å². The Morgan fingerprint density at radius 1 is 0.469 bits per heavy atom. The standard InChI is InChI=1S/C26H20Si.C2H4Cl2.Zr/c1-5-13-21-17(9-1)18-10-2-6-14-22(18)25(21)27-26-23-15-7-3-11-19(23)20-12-4-8-16-24(20)26;3-1-2-4;/h1-16,25-26H,27H2;1-2H2;. The number of hydrogen-bond donors (Lipinski definition) is 0. The maximum absolute atomic E-state index is 5.05. The van der Waals surface area contributed by atoms with Crippen molar-refractivity contribution in [2.45, 2.75) is 11.1 Å². The Hall–Kier alpha value is -1.44. The summed E-state index contributed by atoms with van der Waals surface area (Å²) in [7, 11) is -0.470. The zero-order chi connectivity index (χ0) is 21.2. The van der Waals surface area contributed by atoms with E-state index in [-0.39, 0.29) is 26.2 Å². The van der Waals surface area contributed by atoms with E-state index in [0.29, 0.717) is 22.8 Å². The molecular formula is C28H24Cl2SiZr. The molecule has 4 aromatic rings. The van der Waals surface area contributed by atoms with Crippen LogP contribution < -0.4 is 0 Å². The van der Waals surface area contributed by atoms with Crippen LogP contribution in [0.2, 0.25) is 0 Å². The average molecular weight is 551 g/mol. The molecule has 0 spiro atoms. The summed E-state index contributed by atoms with van der Waals surface area (Å²) < 4.78 is 0. The van der Waals surface area contributed by atoms with Crippen LogP contribution in [0.3, 0.4) is 0 Å². The van der Waals surface area contributed by atoms with Crippen molar-refractivity contribution in [2.24, 2.45) is 0 Å². The molecule has 0 nitrogen and oxygen atoms in total. The van der Waals surface area contributed by atoms with E-state index < -0.39 is 9.52 Å². The molecule has 0 amide bonds. The second-order valence-corrected chi connectivity index (χ2v) is 10.9. The van der Waals surface area contributed by atoms with Crippen LogP contribution in [0.25, 0.3) is 22.3 Å². The minimum atomic E-state index is -0.470. The zero-order valence-electron chi connectivity index (χ0n) is 17.8. The Balaban J connectivity index is 0.000000455. The van der Waals surface area contributed by atoms with Crippen molar-refractivity contribution in [2.75, 3.05) is 11.8 Å². The molecule has 0 radical (unpaired) electrons. The van der Waals surface area contributed by atoms with Gasteiger partial charge < -0.3 is 0 Å². The molecule has 0 fully saturated rings. The van der Waals surface area contributed by atoms with Crippen LogP contribution in [0, 0.1) is 0 Å². The molecule has 6 rings (SSSR count). The summed E-state index contributed by atoms with van der Waals surface area (Å²) in [5, 5.41) is 0. The number of fused-ring (bicyclic) bond motifs is 6. The summed E-state index contributed by atoms with van der Waals surface area (Å²) >= 11 is 10.1. The van der Waals surface area contributed by atoms with Crippen molar-refractivity contribution < 1.29 is 26.2 Å². The third-order valence-electron chi connectivity index (χ3n) is 6.47. The molecule has 0 saturated carbocycles. The molecule has 0 unspecified atom stereocenters. The summed E-state index contributed by atoms with van der Waals surface area (Å²) in [6.07, 6.45) is 0. The van der Waals surface area contributed by atoms with Crippen molar-refractivity contribution in [3.8, 4) is 22.3 Å². The second-order valence-electron chi connectivity index (χ2n) is 8.07. The fourth-order valence-corrected chi connectivity index (χ4v) is 8.17. The number of alkyl halides is 2. The summed E-state index contributed by atoms with van der Waals surface area (Å²) in [4.78, 5) is 0. The number of halogens is 2. The Kier molecular flexibility index (Phi) is 7.90. The first-order valence-electron chi connectivity index (χ1n) is 10.8. The van der Waals surface area contributed by atoms with Gasteiger partial charge in [-0.05, 0) is 55.6 Å². The monoisotopic (exact) mass is 548 g/mol. The van der Waals surface area contributed by atoms with Crippen LogP contribution in [0.4, 0.5) is 0 Å². The quantitative estimate of drug-likeness (QED) is 0.188. The SMILES string of the molecule is ClCCCl.[Zr].c1ccc2c(c1)-c1ccccc1C2[SiH2]C1c2ccccc2-c2ccccc21. The Labute approximate surface area is 221 Å². The van der Waals surface area contributed by atoms with Crippen molar-refractivity contribution in [3.05, 3.63) is 119 Å². The molecule has 0 bridgehead atoms. The maximum atomic E-state index is 5.05. The molecule has 0 heterocycles. The predicted molar refractivity (Wildman–Crippen MR) is 137 cm³/mol. The molecule has 0 aliphatic heterocycles. The van der Waals surface area contributed by atoms with Gasteiger partial charge in [0.15, 0.2) is 0 Å². The normalized spacial score (nSPS) is 13.2. The van der Waals surface area contributed by atoms with Crippen molar-refractivity contribution in [3.63, 3.8) is 0 Å². The minimum Gasteiger partial charge on any atom is -0.125 e. The predicted octanol–water partition coefficient (Wildman–Crippen LogP) is 7.16. The van der Waals surface area contributed by atoms with Gasteiger partial charge in [-0.2, -0.15) is 0 Å². The third kappa shape index (κ3) is 4.24. The van der Waals surface area contributed by atoms with Gasteiger partial charge in [0.25, 0.3) is 0 Å². The molecule has 0 N–H and O–H groups in total. The smallest absolute Gasteiger partial charge is 0.0484 e. The summed E-state index contributed by atoms with van der Waals surface area (Å²) in [5.41, 5.74) is 13.2. The molecule has 4 heteroatoms. The van der Waals surface area contributed by atoms with E-state index in [1.807, 2.05) is 0 Å². The average Bonchev–Trinajstić information content (AvgIpc) is 3.33. The zero-order valence-corrected chi connectivity index (χ0v) is 23.2.